The molecule has 2 rings (SSSR count). The summed E-state index contributed by atoms with van der Waals surface area (Å²) in [5.41, 5.74) is 3.52. The maximum absolute atomic E-state index is 5.32. The fourth-order valence-electron chi connectivity index (χ4n) is 2.29. The Balaban J connectivity index is 2.46. The van der Waals surface area contributed by atoms with Crippen molar-refractivity contribution in [2.75, 3.05) is 26.1 Å². The Hall–Kier alpha value is -1.52. The van der Waals surface area contributed by atoms with Crippen molar-refractivity contribution in [2.24, 2.45) is 0 Å². The number of anilines is 2. The number of hydrogen-bond donors (Lipinski definition) is 1. The van der Waals surface area contributed by atoms with Crippen molar-refractivity contribution in [3.63, 3.8) is 0 Å². The average Bonchev–Trinajstić information content (AvgIpc) is 2.53. The van der Waals surface area contributed by atoms with Crippen molar-refractivity contribution in [1.82, 2.24) is 5.32 Å². The first kappa shape index (κ1) is 15.9. The predicted octanol–water partition coefficient (Wildman–Crippen LogP) is 4.51. The third kappa shape index (κ3) is 3.57. The molecule has 2 aromatic rings. The van der Waals surface area contributed by atoms with Gasteiger partial charge in [-0.2, -0.15) is 0 Å². The summed E-state index contributed by atoms with van der Waals surface area (Å²) in [6.45, 7) is 2.16. The van der Waals surface area contributed by atoms with Gasteiger partial charge in [-0.3, -0.25) is 0 Å². The molecule has 112 valence electrons. The lowest BCUT2D eigenvalue weighted by Gasteiger charge is -2.26. The lowest BCUT2D eigenvalue weighted by Crippen LogP contribution is -2.18. The quantitative estimate of drug-likeness (QED) is 0.860. The van der Waals surface area contributed by atoms with Gasteiger partial charge < -0.3 is 15.0 Å². The molecule has 0 amide bonds. The summed E-state index contributed by atoms with van der Waals surface area (Å²) in [6.07, 6.45) is 0. The first-order valence-electron chi connectivity index (χ1n) is 6.91. The number of nitrogens with one attached hydrogen (secondary N) is 1. The molecule has 0 aromatic heterocycles. The first-order valence-corrected chi connectivity index (χ1v) is 7.70. The van der Waals surface area contributed by atoms with Crippen LogP contribution in [0.2, 0.25) is 0 Å². The highest BCUT2D eigenvalue weighted by atomic mass is 79.9. The smallest absolute Gasteiger partial charge is 0.120 e. The Bertz CT molecular complexity index is 615. The van der Waals surface area contributed by atoms with E-state index in [0.29, 0.717) is 0 Å². The van der Waals surface area contributed by atoms with E-state index in [1.54, 1.807) is 7.11 Å². The minimum absolute atomic E-state index is 0.279. The van der Waals surface area contributed by atoms with Crippen molar-refractivity contribution >= 4 is 27.3 Å². The van der Waals surface area contributed by atoms with E-state index in [-0.39, 0.29) is 6.04 Å². The molecule has 2 aromatic carbocycles. The highest BCUT2D eigenvalue weighted by Gasteiger charge is 2.14. The van der Waals surface area contributed by atoms with E-state index >= 15 is 0 Å². The molecule has 0 aliphatic carbocycles. The largest absolute Gasteiger partial charge is 0.497 e. The zero-order chi connectivity index (χ0) is 15.4. The van der Waals surface area contributed by atoms with Gasteiger partial charge in [-0.05, 0) is 43.8 Å². The van der Waals surface area contributed by atoms with Crippen LogP contribution in [0.15, 0.2) is 46.9 Å². The molecule has 0 aliphatic heterocycles. The summed E-state index contributed by atoms with van der Waals surface area (Å²) < 4.78 is 6.38. The van der Waals surface area contributed by atoms with Gasteiger partial charge in [-0.15, -0.1) is 0 Å². The second-order valence-electron chi connectivity index (χ2n) is 4.97. The minimum Gasteiger partial charge on any atom is -0.497 e. The molecule has 0 saturated carbocycles. The van der Waals surface area contributed by atoms with E-state index < -0.39 is 0 Å². The highest BCUT2D eigenvalue weighted by Crippen LogP contribution is 2.34. The van der Waals surface area contributed by atoms with E-state index in [1.807, 2.05) is 25.2 Å². The van der Waals surface area contributed by atoms with Gasteiger partial charge in [-0.25, -0.2) is 0 Å². The van der Waals surface area contributed by atoms with Crippen LogP contribution >= 0.6 is 15.9 Å². The summed E-state index contributed by atoms with van der Waals surface area (Å²) in [6, 6.07) is 14.7. The van der Waals surface area contributed by atoms with Crippen LogP contribution in [-0.2, 0) is 0 Å². The van der Waals surface area contributed by atoms with Crippen LogP contribution in [-0.4, -0.2) is 21.2 Å². The molecule has 0 saturated heterocycles. The molecule has 0 heterocycles. The Labute approximate surface area is 135 Å². The van der Waals surface area contributed by atoms with Crippen LogP contribution in [0.4, 0.5) is 11.4 Å². The number of methoxy groups -OCH3 is 1. The van der Waals surface area contributed by atoms with Crippen molar-refractivity contribution in [3.05, 3.63) is 52.5 Å². The Morgan fingerprint density at radius 2 is 1.95 bits per heavy atom. The van der Waals surface area contributed by atoms with Gasteiger partial charge in [0.1, 0.15) is 5.75 Å². The molecule has 3 nitrogen and oxygen atoms in total. The van der Waals surface area contributed by atoms with Crippen LogP contribution < -0.4 is 15.0 Å². The average molecular weight is 349 g/mol. The molecule has 0 spiro atoms. The molecular weight excluding hydrogens is 328 g/mol. The van der Waals surface area contributed by atoms with Crippen LogP contribution in [0.5, 0.6) is 5.75 Å². The number of hydrogen-bond acceptors (Lipinski definition) is 3. The van der Waals surface area contributed by atoms with Gasteiger partial charge in [0.15, 0.2) is 0 Å². The second-order valence-corrected chi connectivity index (χ2v) is 5.89. The standard InChI is InChI=1S/C17H21BrN2O/c1-12(19-2)16-9-8-13(18)10-17(16)20(3)14-6-5-7-15(11-14)21-4/h5-12,19H,1-4H3. The van der Waals surface area contributed by atoms with E-state index in [0.717, 1.165) is 15.9 Å². The lowest BCUT2D eigenvalue weighted by molar-refractivity contribution is 0.415. The summed E-state index contributed by atoms with van der Waals surface area (Å²) >= 11 is 3.56. The molecule has 0 aliphatic rings. The molecule has 0 radical (unpaired) electrons. The minimum atomic E-state index is 0.279. The van der Waals surface area contributed by atoms with Gasteiger partial charge in [0.05, 0.1) is 7.11 Å². The number of rotatable bonds is 5. The van der Waals surface area contributed by atoms with Gasteiger partial charge in [0.2, 0.25) is 0 Å². The summed E-state index contributed by atoms with van der Waals surface area (Å²) in [5, 5.41) is 3.30. The van der Waals surface area contributed by atoms with E-state index in [1.165, 1.54) is 11.3 Å². The highest BCUT2D eigenvalue weighted by molar-refractivity contribution is 9.10. The Morgan fingerprint density at radius 3 is 2.62 bits per heavy atom. The third-order valence-corrected chi connectivity index (χ3v) is 4.19. The summed E-state index contributed by atoms with van der Waals surface area (Å²) in [7, 11) is 5.73. The lowest BCUT2D eigenvalue weighted by atomic mass is 10.0. The number of ether oxygens (including phenoxy) is 1. The fraction of sp³-hybridized carbons (Fsp3) is 0.294. The molecule has 21 heavy (non-hydrogen) atoms. The van der Waals surface area contributed by atoms with E-state index in [4.69, 9.17) is 4.74 Å². The summed E-state index contributed by atoms with van der Waals surface area (Å²) in [4.78, 5) is 2.18. The van der Waals surface area contributed by atoms with Crippen molar-refractivity contribution in [1.29, 1.82) is 0 Å². The molecule has 0 bridgehead atoms. The SMILES string of the molecule is CNC(C)c1ccc(Br)cc1N(C)c1cccc(OC)c1. The van der Waals surface area contributed by atoms with Crippen molar-refractivity contribution in [3.8, 4) is 5.75 Å². The number of benzene rings is 2. The fourth-order valence-corrected chi connectivity index (χ4v) is 2.64. The molecule has 1 unspecified atom stereocenters. The van der Waals surface area contributed by atoms with Gasteiger partial charge in [0.25, 0.3) is 0 Å². The summed E-state index contributed by atoms with van der Waals surface area (Å²) in [5.74, 6) is 0.859. The van der Waals surface area contributed by atoms with Crippen LogP contribution in [0.25, 0.3) is 0 Å². The van der Waals surface area contributed by atoms with Crippen molar-refractivity contribution < 1.29 is 4.74 Å². The predicted molar refractivity (Wildman–Crippen MR) is 92.7 cm³/mol. The molecular formula is C17H21BrN2O. The zero-order valence-electron chi connectivity index (χ0n) is 12.9. The Morgan fingerprint density at radius 1 is 1.19 bits per heavy atom. The van der Waals surface area contributed by atoms with E-state index in [2.05, 4.69) is 64.4 Å². The van der Waals surface area contributed by atoms with Gasteiger partial charge in [-0.1, -0.05) is 28.1 Å². The van der Waals surface area contributed by atoms with Crippen molar-refractivity contribution in [2.45, 2.75) is 13.0 Å². The van der Waals surface area contributed by atoms with E-state index in [9.17, 15) is 0 Å². The van der Waals surface area contributed by atoms with Crippen LogP contribution in [0, 0.1) is 0 Å². The third-order valence-electron chi connectivity index (χ3n) is 3.69. The maximum atomic E-state index is 5.32. The molecule has 1 N–H and O–H groups in total. The molecule has 1 atom stereocenters. The monoisotopic (exact) mass is 348 g/mol. The molecule has 0 fully saturated rings. The number of nitrogens with zero attached hydrogens (tertiary/aromatic N) is 1. The Kier molecular flexibility index (Phi) is 5.26. The second kappa shape index (κ2) is 6.96. The number of halogens is 1. The molecule has 4 heteroatoms. The first-order chi connectivity index (χ1) is 10.1. The topological polar surface area (TPSA) is 24.5 Å². The van der Waals surface area contributed by atoms with Crippen LogP contribution in [0.1, 0.15) is 18.5 Å². The van der Waals surface area contributed by atoms with Crippen LogP contribution in [0.3, 0.4) is 0 Å². The maximum Gasteiger partial charge on any atom is 0.120 e. The van der Waals surface area contributed by atoms with Gasteiger partial charge >= 0.3 is 0 Å². The zero-order valence-corrected chi connectivity index (χ0v) is 14.4. The van der Waals surface area contributed by atoms with Gasteiger partial charge in [0, 0.05) is 35.0 Å². The normalized spacial score (nSPS) is 12.0.